The second-order valence-corrected chi connectivity index (χ2v) is 6.76. The Hall–Kier alpha value is -0.790. The van der Waals surface area contributed by atoms with Crippen LogP contribution in [-0.2, 0) is 0 Å². The highest BCUT2D eigenvalue weighted by atomic mass is 79.9. The first-order chi connectivity index (χ1) is 10.1. The summed E-state index contributed by atoms with van der Waals surface area (Å²) in [7, 11) is 0. The van der Waals surface area contributed by atoms with Crippen LogP contribution < -0.4 is 10.6 Å². The van der Waals surface area contributed by atoms with Crippen LogP contribution >= 0.6 is 43.6 Å². The van der Waals surface area contributed by atoms with E-state index in [1.807, 2.05) is 30.5 Å². The SMILES string of the molecule is CCCNc1cc(Nc2c(Br)cccc2Br)nc(SC)n1. The zero-order valence-electron chi connectivity index (χ0n) is 11.8. The van der Waals surface area contributed by atoms with E-state index in [9.17, 15) is 0 Å². The minimum Gasteiger partial charge on any atom is -0.370 e. The monoisotopic (exact) mass is 430 g/mol. The van der Waals surface area contributed by atoms with Crippen molar-refractivity contribution in [2.75, 3.05) is 23.4 Å². The molecule has 2 N–H and O–H groups in total. The molecule has 0 radical (unpaired) electrons. The average molecular weight is 432 g/mol. The second-order valence-electron chi connectivity index (χ2n) is 4.27. The van der Waals surface area contributed by atoms with E-state index in [1.165, 1.54) is 11.8 Å². The minimum absolute atomic E-state index is 0.738. The zero-order valence-corrected chi connectivity index (χ0v) is 15.8. The van der Waals surface area contributed by atoms with Crippen LogP contribution in [0, 0.1) is 0 Å². The summed E-state index contributed by atoms with van der Waals surface area (Å²) in [4.78, 5) is 8.95. The van der Waals surface area contributed by atoms with Gasteiger partial charge in [0.15, 0.2) is 5.16 Å². The molecule has 0 spiro atoms. The third kappa shape index (κ3) is 4.59. The van der Waals surface area contributed by atoms with Crippen molar-refractivity contribution in [3.05, 3.63) is 33.2 Å². The van der Waals surface area contributed by atoms with E-state index in [-0.39, 0.29) is 0 Å². The zero-order chi connectivity index (χ0) is 15.2. The summed E-state index contributed by atoms with van der Waals surface area (Å²) in [5.74, 6) is 1.60. The molecule has 0 aliphatic carbocycles. The number of benzene rings is 1. The molecule has 2 rings (SSSR count). The molecule has 0 unspecified atom stereocenters. The summed E-state index contributed by atoms with van der Waals surface area (Å²) in [5, 5.41) is 7.37. The Bertz CT molecular complexity index is 602. The van der Waals surface area contributed by atoms with Crippen molar-refractivity contribution in [3.8, 4) is 0 Å². The maximum Gasteiger partial charge on any atom is 0.191 e. The maximum absolute atomic E-state index is 4.50. The molecule has 0 saturated heterocycles. The lowest BCUT2D eigenvalue weighted by atomic mass is 10.3. The van der Waals surface area contributed by atoms with Gasteiger partial charge in [0.2, 0.25) is 0 Å². The van der Waals surface area contributed by atoms with Crippen LogP contribution in [0.25, 0.3) is 0 Å². The number of anilines is 3. The third-order valence-corrected chi connectivity index (χ3v) is 4.53. The largest absolute Gasteiger partial charge is 0.370 e. The molecule has 1 aromatic carbocycles. The van der Waals surface area contributed by atoms with Crippen LogP contribution in [0.1, 0.15) is 13.3 Å². The van der Waals surface area contributed by atoms with Crippen molar-refractivity contribution in [2.24, 2.45) is 0 Å². The van der Waals surface area contributed by atoms with E-state index < -0.39 is 0 Å². The third-order valence-electron chi connectivity index (χ3n) is 2.66. The van der Waals surface area contributed by atoms with Gasteiger partial charge in [0.05, 0.1) is 5.69 Å². The van der Waals surface area contributed by atoms with E-state index in [4.69, 9.17) is 0 Å². The van der Waals surface area contributed by atoms with Gasteiger partial charge in [-0.05, 0) is 56.7 Å². The Balaban J connectivity index is 2.30. The molecule has 7 heteroatoms. The van der Waals surface area contributed by atoms with Gasteiger partial charge in [0, 0.05) is 21.6 Å². The van der Waals surface area contributed by atoms with E-state index in [0.29, 0.717) is 0 Å². The Kier molecular flexibility index (Phi) is 6.32. The van der Waals surface area contributed by atoms with Crippen LogP contribution in [-0.4, -0.2) is 22.8 Å². The van der Waals surface area contributed by atoms with Gasteiger partial charge in [-0.1, -0.05) is 24.8 Å². The first-order valence-electron chi connectivity index (χ1n) is 6.52. The van der Waals surface area contributed by atoms with Crippen LogP contribution in [0.4, 0.5) is 17.3 Å². The number of aromatic nitrogens is 2. The summed E-state index contributed by atoms with van der Waals surface area (Å²) in [6.45, 7) is 3.02. The Morgan fingerprint density at radius 2 is 1.81 bits per heavy atom. The van der Waals surface area contributed by atoms with Gasteiger partial charge in [-0.15, -0.1) is 0 Å². The second kappa shape index (κ2) is 8.00. The number of thioether (sulfide) groups is 1. The van der Waals surface area contributed by atoms with E-state index in [2.05, 4.69) is 59.4 Å². The van der Waals surface area contributed by atoms with Crippen LogP contribution in [0.5, 0.6) is 0 Å². The first-order valence-corrected chi connectivity index (χ1v) is 9.33. The number of nitrogens with zero attached hydrogens (tertiary/aromatic N) is 2. The van der Waals surface area contributed by atoms with Crippen LogP contribution in [0.2, 0.25) is 0 Å². The summed E-state index contributed by atoms with van der Waals surface area (Å²) in [6, 6.07) is 7.86. The normalized spacial score (nSPS) is 10.5. The molecule has 21 heavy (non-hydrogen) atoms. The Morgan fingerprint density at radius 1 is 1.14 bits per heavy atom. The molecule has 0 aliphatic rings. The smallest absolute Gasteiger partial charge is 0.191 e. The molecule has 1 aromatic heterocycles. The lowest BCUT2D eigenvalue weighted by Crippen LogP contribution is -2.05. The van der Waals surface area contributed by atoms with Crippen molar-refractivity contribution in [1.82, 2.24) is 9.97 Å². The molecule has 0 saturated carbocycles. The number of rotatable bonds is 6. The van der Waals surface area contributed by atoms with Gasteiger partial charge in [-0.2, -0.15) is 0 Å². The molecule has 0 bridgehead atoms. The number of hydrogen-bond acceptors (Lipinski definition) is 5. The van der Waals surface area contributed by atoms with Crippen LogP contribution in [0.3, 0.4) is 0 Å². The van der Waals surface area contributed by atoms with Gasteiger partial charge in [0.1, 0.15) is 11.6 Å². The Labute approximate surface area is 145 Å². The molecule has 112 valence electrons. The fourth-order valence-electron chi connectivity index (χ4n) is 1.67. The molecule has 0 aliphatic heterocycles. The summed E-state index contributed by atoms with van der Waals surface area (Å²) >= 11 is 8.61. The topological polar surface area (TPSA) is 49.8 Å². The van der Waals surface area contributed by atoms with Gasteiger partial charge in [-0.3, -0.25) is 0 Å². The minimum atomic E-state index is 0.738. The van der Waals surface area contributed by atoms with E-state index in [1.54, 1.807) is 0 Å². The fraction of sp³-hybridized carbons (Fsp3) is 0.286. The number of nitrogens with one attached hydrogen (secondary N) is 2. The molecular formula is C14H16Br2N4S. The lowest BCUT2D eigenvalue weighted by molar-refractivity contribution is 0.929. The molecule has 0 fully saturated rings. The highest BCUT2D eigenvalue weighted by Gasteiger charge is 2.08. The fourth-order valence-corrected chi connectivity index (χ4v) is 3.25. The molecule has 2 aromatic rings. The van der Waals surface area contributed by atoms with E-state index >= 15 is 0 Å². The standard InChI is InChI=1S/C14H16Br2N4S/c1-3-7-17-11-8-12(20-14(19-11)21-2)18-13-9(15)5-4-6-10(13)16/h4-6,8H,3,7H2,1-2H3,(H2,17,18,19,20). The van der Waals surface area contributed by atoms with Crippen molar-refractivity contribution >= 4 is 60.9 Å². The maximum atomic E-state index is 4.50. The number of hydrogen-bond donors (Lipinski definition) is 2. The lowest BCUT2D eigenvalue weighted by Gasteiger charge is -2.12. The number of para-hydroxylation sites is 1. The average Bonchev–Trinajstić information content (AvgIpc) is 2.49. The quantitative estimate of drug-likeness (QED) is 0.480. The van der Waals surface area contributed by atoms with Gasteiger partial charge < -0.3 is 10.6 Å². The molecular weight excluding hydrogens is 416 g/mol. The summed E-state index contributed by atoms with van der Waals surface area (Å²) < 4.78 is 1.95. The van der Waals surface area contributed by atoms with Gasteiger partial charge in [0.25, 0.3) is 0 Å². The van der Waals surface area contributed by atoms with Crippen molar-refractivity contribution < 1.29 is 0 Å². The van der Waals surface area contributed by atoms with Crippen molar-refractivity contribution in [2.45, 2.75) is 18.5 Å². The highest BCUT2D eigenvalue weighted by molar-refractivity contribution is 9.11. The predicted molar refractivity (Wildman–Crippen MR) is 97.7 cm³/mol. The summed E-state index contributed by atoms with van der Waals surface area (Å²) in [6.07, 6.45) is 3.02. The van der Waals surface area contributed by atoms with Crippen molar-refractivity contribution in [1.29, 1.82) is 0 Å². The first kappa shape index (κ1) is 16.6. The molecule has 4 nitrogen and oxygen atoms in total. The number of halogens is 2. The molecule has 0 amide bonds. The highest BCUT2D eigenvalue weighted by Crippen LogP contribution is 2.33. The van der Waals surface area contributed by atoms with Crippen LogP contribution in [0.15, 0.2) is 38.4 Å². The van der Waals surface area contributed by atoms with E-state index in [0.717, 1.165) is 44.4 Å². The predicted octanol–water partition coefficient (Wildman–Crippen LogP) is 5.29. The summed E-state index contributed by atoms with van der Waals surface area (Å²) in [5.41, 5.74) is 0.949. The van der Waals surface area contributed by atoms with Gasteiger partial charge in [-0.25, -0.2) is 9.97 Å². The molecule has 1 heterocycles. The van der Waals surface area contributed by atoms with Crippen molar-refractivity contribution in [3.63, 3.8) is 0 Å². The Morgan fingerprint density at radius 3 is 2.43 bits per heavy atom. The molecule has 0 atom stereocenters. The van der Waals surface area contributed by atoms with Gasteiger partial charge >= 0.3 is 0 Å².